The van der Waals surface area contributed by atoms with Crippen LogP contribution in [0, 0.1) is 5.41 Å². The largest absolute Gasteiger partial charge is 0.307 e. The number of hydrogen-bond donors (Lipinski definition) is 1. The third-order valence-electron chi connectivity index (χ3n) is 0.533. The summed E-state index contributed by atoms with van der Waals surface area (Å²) in [6.07, 6.45) is 3.75. The molecule has 1 N–H and O–H groups in total. The summed E-state index contributed by atoms with van der Waals surface area (Å²) >= 11 is 0. The Hall–Kier alpha value is -0.660. The van der Waals surface area contributed by atoms with Crippen molar-refractivity contribution < 1.29 is 0 Å². The molecule has 0 aromatic carbocycles. The molecule has 0 aromatic heterocycles. The van der Waals surface area contributed by atoms with Crippen LogP contribution in [0.4, 0.5) is 0 Å². The van der Waals surface area contributed by atoms with Gasteiger partial charge < -0.3 is 5.41 Å². The lowest BCUT2D eigenvalue weighted by molar-refractivity contribution is 0.938. The Labute approximate surface area is 43.8 Å². The van der Waals surface area contributed by atoms with Gasteiger partial charge in [-0.25, -0.2) is 0 Å². The predicted octanol–water partition coefficient (Wildman–Crippen LogP) is 1.12. The van der Waals surface area contributed by atoms with E-state index in [1.165, 1.54) is 12.4 Å². The average Bonchev–Trinajstić information content (AvgIpc) is 1.69. The molecule has 0 fully saturated rings. The lowest BCUT2D eigenvalue weighted by atomic mass is 10.5. The van der Waals surface area contributed by atoms with E-state index in [1.54, 1.807) is 0 Å². The molecule has 7 heavy (non-hydrogen) atoms. The fourth-order valence-electron chi connectivity index (χ4n) is 0.256. The monoisotopic (exact) mass is 98.1 g/mol. The lowest BCUT2D eigenvalue weighted by Crippen LogP contribution is -1.76. The highest BCUT2D eigenvalue weighted by Gasteiger charge is 1.66. The van der Waals surface area contributed by atoms with Crippen molar-refractivity contribution in [2.45, 2.75) is 13.3 Å². The fourth-order valence-corrected chi connectivity index (χ4v) is 0.256. The maximum absolute atomic E-state index is 6.51. The minimum Gasteiger partial charge on any atom is -0.307 e. The molecule has 0 rings (SSSR count). The number of rotatable bonds is 3. The van der Waals surface area contributed by atoms with E-state index in [0.29, 0.717) is 0 Å². The van der Waals surface area contributed by atoms with E-state index in [0.717, 1.165) is 13.0 Å². The number of nitrogens with zero attached hydrogens (tertiary/aromatic N) is 1. The van der Waals surface area contributed by atoms with Crippen LogP contribution < -0.4 is 0 Å². The number of hydrogen-bond acceptors (Lipinski definition) is 2. The van der Waals surface area contributed by atoms with Crippen LogP contribution in [0.15, 0.2) is 4.99 Å². The summed E-state index contributed by atoms with van der Waals surface area (Å²) in [4.78, 5) is 3.84. The van der Waals surface area contributed by atoms with Gasteiger partial charge in [-0.05, 0) is 6.42 Å². The van der Waals surface area contributed by atoms with Crippen molar-refractivity contribution in [1.82, 2.24) is 0 Å². The highest BCUT2D eigenvalue weighted by molar-refractivity contribution is 6.14. The summed E-state index contributed by atoms with van der Waals surface area (Å²) in [5.74, 6) is 0. The molecular weight excluding hydrogens is 88.1 g/mol. The third kappa shape index (κ3) is 5.34. The molecule has 0 bridgehead atoms. The lowest BCUT2D eigenvalue weighted by Gasteiger charge is -1.78. The van der Waals surface area contributed by atoms with Gasteiger partial charge in [0.1, 0.15) is 0 Å². The first-order chi connectivity index (χ1) is 3.41. The Morgan fingerprint density at radius 2 is 2.43 bits per heavy atom. The second-order valence-corrected chi connectivity index (χ2v) is 1.22. The zero-order chi connectivity index (χ0) is 5.54. The molecule has 40 valence electrons. The topological polar surface area (TPSA) is 36.2 Å². The van der Waals surface area contributed by atoms with Crippen LogP contribution in [-0.4, -0.2) is 19.0 Å². The van der Waals surface area contributed by atoms with Crippen LogP contribution in [0.5, 0.6) is 0 Å². The average molecular weight is 98.1 g/mol. The Morgan fingerprint density at radius 3 is 2.86 bits per heavy atom. The van der Waals surface area contributed by atoms with E-state index in [9.17, 15) is 0 Å². The summed E-state index contributed by atoms with van der Waals surface area (Å²) in [6, 6.07) is 0. The Kier molecular flexibility index (Phi) is 4.84. The van der Waals surface area contributed by atoms with Gasteiger partial charge in [-0.3, -0.25) is 4.99 Å². The van der Waals surface area contributed by atoms with E-state index in [4.69, 9.17) is 5.41 Å². The predicted molar refractivity (Wildman–Crippen MR) is 32.4 cm³/mol. The van der Waals surface area contributed by atoms with E-state index in [2.05, 4.69) is 11.9 Å². The molecule has 0 unspecified atom stereocenters. The standard InChI is InChI=1S/C5H10N2/c1-2-4-7-5-3-6/h3,5-6H,2,4H2,1H3. The molecule has 0 aliphatic heterocycles. The molecular formula is C5H10N2. The second-order valence-electron chi connectivity index (χ2n) is 1.22. The molecule has 0 saturated carbocycles. The summed E-state index contributed by atoms with van der Waals surface area (Å²) in [7, 11) is 0. The summed E-state index contributed by atoms with van der Waals surface area (Å²) in [5, 5.41) is 6.51. The van der Waals surface area contributed by atoms with Gasteiger partial charge in [0.05, 0.1) is 0 Å². The smallest absolute Gasteiger partial charge is 0.0388 e. The number of nitrogens with one attached hydrogen (secondary N) is 1. The highest BCUT2D eigenvalue weighted by atomic mass is 14.7. The first kappa shape index (κ1) is 6.34. The van der Waals surface area contributed by atoms with E-state index in [-0.39, 0.29) is 0 Å². The molecule has 0 spiro atoms. The molecule has 0 amide bonds. The van der Waals surface area contributed by atoms with E-state index < -0.39 is 0 Å². The van der Waals surface area contributed by atoms with Crippen LogP contribution in [-0.2, 0) is 0 Å². The van der Waals surface area contributed by atoms with Gasteiger partial charge in [0.25, 0.3) is 0 Å². The maximum Gasteiger partial charge on any atom is 0.0388 e. The second kappa shape index (κ2) is 5.34. The van der Waals surface area contributed by atoms with Crippen molar-refractivity contribution in [3.05, 3.63) is 0 Å². The Balaban J connectivity index is 2.92. The van der Waals surface area contributed by atoms with Gasteiger partial charge in [-0.15, -0.1) is 0 Å². The first-order valence-electron chi connectivity index (χ1n) is 2.40. The normalized spacial score (nSPS) is 9.86. The summed E-state index contributed by atoms with van der Waals surface area (Å²) < 4.78 is 0. The Morgan fingerprint density at radius 1 is 1.71 bits per heavy atom. The molecule has 2 heteroatoms. The molecule has 0 aromatic rings. The fraction of sp³-hybridized carbons (Fsp3) is 0.600. The molecule has 0 atom stereocenters. The van der Waals surface area contributed by atoms with Gasteiger partial charge in [-0.2, -0.15) is 0 Å². The quantitative estimate of drug-likeness (QED) is 0.513. The molecule has 2 nitrogen and oxygen atoms in total. The van der Waals surface area contributed by atoms with Crippen LogP contribution in [0.25, 0.3) is 0 Å². The van der Waals surface area contributed by atoms with Crippen molar-refractivity contribution in [1.29, 1.82) is 5.41 Å². The maximum atomic E-state index is 6.51. The molecule has 0 saturated heterocycles. The van der Waals surface area contributed by atoms with Crippen LogP contribution in [0.3, 0.4) is 0 Å². The molecule has 0 aliphatic carbocycles. The first-order valence-corrected chi connectivity index (χ1v) is 2.40. The van der Waals surface area contributed by atoms with Crippen molar-refractivity contribution in [3.63, 3.8) is 0 Å². The van der Waals surface area contributed by atoms with Crippen molar-refractivity contribution in [2.75, 3.05) is 6.54 Å². The Bertz CT molecular complexity index is 66.5. The zero-order valence-corrected chi connectivity index (χ0v) is 4.52. The van der Waals surface area contributed by atoms with Crippen LogP contribution in [0.1, 0.15) is 13.3 Å². The van der Waals surface area contributed by atoms with E-state index >= 15 is 0 Å². The van der Waals surface area contributed by atoms with Crippen molar-refractivity contribution in [2.24, 2.45) is 4.99 Å². The van der Waals surface area contributed by atoms with E-state index in [1.807, 2.05) is 0 Å². The SMILES string of the molecule is CCCN=CC=N. The van der Waals surface area contributed by atoms with Crippen molar-refractivity contribution in [3.8, 4) is 0 Å². The summed E-state index contributed by atoms with van der Waals surface area (Å²) in [6.45, 7) is 2.90. The van der Waals surface area contributed by atoms with Crippen molar-refractivity contribution >= 4 is 12.4 Å². The van der Waals surface area contributed by atoms with Crippen LogP contribution >= 0.6 is 0 Å². The molecule has 0 radical (unpaired) electrons. The zero-order valence-electron chi connectivity index (χ0n) is 4.52. The van der Waals surface area contributed by atoms with Gasteiger partial charge >= 0.3 is 0 Å². The third-order valence-corrected chi connectivity index (χ3v) is 0.533. The van der Waals surface area contributed by atoms with Gasteiger partial charge in [0.15, 0.2) is 0 Å². The minimum absolute atomic E-state index is 0.843. The van der Waals surface area contributed by atoms with Gasteiger partial charge in [0.2, 0.25) is 0 Å². The summed E-state index contributed by atoms with van der Waals surface area (Å²) in [5.41, 5.74) is 0. The number of aliphatic imine (C=N–C) groups is 1. The minimum atomic E-state index is 0.843. The highest BCUT2D eigenvalue weighted by Crippen LogP contribution is 1.72. The van der Waals surface area contributed by atoms with Crippen LogP contribution in [0.2, 0.25) is 0 Å². The molecule has 0 heterocycles. The van der Waals surface area contributed by atoms with Gasteiger partial charge in [0, 0.05) is 19.0 Å². The van der Waals surface area contributed by atoms with Gasteiger partial charge in [-0.1, -0.05) is 6.92 Å². The molecule has 0 aliphatic rings.